The molecule has 166 valence electrons. The number of hydrogen-bond acceptors (Lipinski definition) is 6. The van der Waals surface area contributed by atoms with Gasteiger partial charge in [-0.25, -0.2) is 9.55 Å². The van der Waals surface area contributed by atoms with Crippen molar-refractivity contribution in [2.45, 2.75) is 17.8 Å². The maximum atomic E-state index is 13.5. The van der Waals surface area contributed by atoms with Crippen LogP contribution in [0.1, 0.15) is 11.5 Å². The molecular formula is C26H19N5O2S. The zero-order valence-corrected chi connectivity index (χ0v) is 19.1. The van der Waals surface area contributed by atoms with Crippen LogP contribution in [0.15, 0.2) is 99.4 Å². The van der Waals surface area contributed by atoms with E-state index >= 15 is 0 Å². The Morgan fingerprint density at radius 1 is 0.912 bits per heavy atom. The van der Waals surface area contributed by atoms with E-state index in [4.69, 9.17) is 4.42 Å². The highest BCUT2D eigenvalue weighted by Gasteiger charge is 2.19. The lowest BCUT2D eigenvalue weighted by Gasteiger charge is -2.13. The van der Waals surface area contributed by atoms with E-state index in [9.17, 15) is 4.79 Å². The number of nitrogens with zero attached hydrogens (tertiary/aromatic N) is 5. The van der Waals surface area contributed by atoms with Gasteiger partial charge in [0.15, 0.2) is 10.9 Å². The molecule has 0 radical (unpaired) electrons. The predicted octanol–water partition coefficient (Wildman–Crippen LogP) is 5.29. The van der Waals surface area contributed by atoms with Gasteiger partial charge in [0.25, 0.3) is 5.56 Å². The zero-order chi connectivity index (χ0) is 23.1. The third kappa shape index (κ3) is 3.39. The second-order valence-corrected chi connectivity index (χ2v) is 8.78. The molecule has 0 fully saturated rings. The molecule has 34 heavy (non-hydrogen) atoms. The van der Waals surface area contributed by atoms with E-state index in [0.717, 1.165) is 28.1 Å². The Labute approximate surface area is 198 Å². The molecule has 0 saturated carbocycles. The highest BCUT2D eigenvalue weighted by Crippen LogP contribution is 2.28. The number of hydrogen-bond donors (Lipinski definition) is 0. The van der Waals surface area contributed by atoms with Crippen LogP contribution in [-0.4, -0.2) is 24.1 Å². The van der Waals surface area contributed by atoms with Gasteiger partial charge in [-0.1, -0.05) is 72.4 Å². The molecule has 3 aromatic carbocycles. The number of aromatic nitrogens is 5. The maximum Gasteiger partial charge on any atom is 0.267 e. The first-order valence-corrected chi connectivity index (χ1v) is 11.8. The Kier molecular flexibility index (Phi) is 5.00. The van der Waals surface area contributed by atoms with Crippen molar-refractivity contribution in [2.75, 3.05) is 0 Å². The zero-order valence-electron chi connectivity index (χ0n) is 18.3. The van der Waals surface area contributed by atoms with Crippen LogP contribution in [-0.2, 0) is 5.75 Å². The van der Waals surface area contributed by atoms with Crippen molar-refractivity contribution in [3.63, 3.8) is 0 Å². The van der Waals surface area contributed by atoms with E-state index in [1.54, 1.807) is 10.8 Å². The van der Waals surface area contributed by atoms with Crippen LogP contribution in [0.3, 0.4) is 0 Å². The quantitative estimate of drug-likeness (QED) is 0.322. The van der Waals surface area contributed by atoms with Crippen LogP contribution >= 0.6 is 11.8 Å². The molecule has 0 spiro atoms. The van der Waals surface area contributed by atoms with E-state index < -0.39 is 0 Å². The minimum Gasteiger partial charge on any atom is -0.440 e. The van der Waals surface area contributed by atoms with Crippen LogP contribution in [0, 0.1) is 6.92 Å². The van der Waals surface area contributed by atoms with Gasteiger partial charge in [0, 0.05) is 5.56 Å². The van der Waals surface area contributed by atoms with Crippen LogP contribution < -0.4 is 5.56 Å². The molecule has 6 rings (SSSR count). The summed E-state index contributed by atoms with van der Waals surface area (Å²) in [5, 5.41) is 10.1. The molecule has 3 heterocycles. The summed E-state index contributed by atoms with van der Waals surface area (Å²) < 4.78 is 9.51. The maximum absolute atomic E-state index is 13.5. The minimum absolute atomic E-state index is 0.124. The molecule has 0 amide bonds. The first kappa shape index (κ1) is 20.4. The van der Waals surface area contributed by atoms with Crippen molar-refractivity contribution >= 4 is 28.4 Å². The molecule has 0 aliphatic carbocycles. The van der Waals surface area contributed by atoms with Crippen molar-refractivity contribution in [3.05, 3.63) is 107 Å². The van der Waals surface area contributed by atoms with Crippen molar-refractivity contribution in [2.24, 2.45) is 0 Å². The smallest absolute Gasteiger partial charge is 0.267 e. The molecule has 0 saturated heterocycles. The van der Waals surface area contributed by atoms with E-state index in [1.165, 1.54) is 11.8 Å². The fourth-order valence-electron chi connectivity index (χ4n) is 4.04. The third-order valence-electron chi connectivity index (χ3n) is 5.69. The van der Waals surface area contributed by atoms with Gasteiger partial charge in [0.2, 0.25) is 11.7 Å². The lowest BCUT2D eigenvalue weighted by molar-refractivity contribution is 0.530. The number of fused-ring (bicyclic) bond motifs is 3. The van der Waals surface area contributed by atoms with E-state index in [0.29, 0.717) is 28.0 Å². The summed E-state index contributed by atoms with van der Waals surface area (Å²) in [6.45, 7) is 1.98. The van der Waals surface area contributed by atoms with Gasteiger partial charge < -0.3 is 4.42 Å². The standard InChI is InChI=1S/C26H19N5O2S/c1-17-9-5-7-13-20(17)30-24(32)19-12-6-8-14-21(19)31-25(30)28-29-26(31)34-16-23-27-15-22(33-23)18-10-3-2-4-11-18/h2-15H,16H2,1H3. The van der Waals surface area contributed by atoms with E-state index in [1.807, 2.05) is 90.2 Å². The summed E-state index contributed by atoms with van der Waals surface area (Å²) in [6, 6.07) is 25.2. The summed E-state index contributed by atoms with van der Waals surface area (Å²) in [5.74, 6) is 2.27. The molecule has 6 aromatic rings. The largest absolute Gasteiger partial charge is 0.440 e. The lowest BCUT2D eigenvalue weighted by atomic mass is 10.2. The SMILES string of the molecule is Cc1ccccc1-n1c(=O)c2ccccc2n2c(SCc3ncc(-c4ccccc4)o3)nnc12. The third-order valence-corrected chi connectivity index (χ3v) is 6.60. The van der Waals surface area contributed by atoms with Crippen molar-refractivity contribution in [3.8, 4) is 17.0 Å². The summed E-state index contributed by atoms with van der Waals surface area (Å²) in [5.41, 5.74) is 3.38. The van der Waals surface area contributed by atoms with Gasteiger partial charge in [-0.3, -0.25) is 9.20 Å². The molecule has 8 heteroatoms. The molecule has 0 aliphatic rings. The Balaban J connectivity index is 1.44. The van der Waals surface area contributed by atoms with Crippen LogP contribution in [0.25, 0.3) is 33.7 Å². The van der Waals surface area contributed by atoms with Crippen LogP contribution in [0.5, 0.6) is 0 Å². The highest BCUT2D eigenvalue weighted by atomic mass is 32.2. The van der Waals surface area contributed by atoms with Gasteiger partial charge in [-0.2, -0.15) is 0 Å². The first-order valence-electron chi connectivity index (χ1n) is 10.8. The van der Waals surface area contributed by atoms with Crippen LogP contribution in [0.4, 0.5) is 0 Å². The average molecular weight is 466 g/mol. The first-order chi connectivity index (χ1) is 16.7. The van der Waals surface area contributed by atoms with E-state index in [2.05, 4.69) is 15.2 Å². The fourth-order valence-corrected chi connectivity index (χ4v) is 4.84. The van der Waals surface area contributed by atoms with Gasteiger partial charge in [0.05, 0.1) is 28.5 Å². The van der Waals surface area contributed by atoms with Crippen molar-refractivity contribution < 1.29 is 4.42 Å². The summed E-state index contributed by atoms with van der Waals surface area (Å²) in [6.07, 6.45) is 1.73. The number of rotatable bonds is 5. The summed E-state index contributed by atoms with van der Waals surface area (Å²) in [4.78, 5) is 17.9. The monoisotopic (exact) mass is 465 g/mol. The fraction of sp³-hybridized carbons (Fsp3) is 0.0769. The summed E-state index contributed by atoms with van der Waals surface area (Å²) in [7, 11) is 0. The van der Waals surface area contributed by atoms with E-state index in [-0.39, 0.29) is 5.56 Å². The number of thioether (sulfide) groups is 1. The molecule has 3 aromatic heterocycles. The number of oxazole rings is 1. The highest BCUT2D eigenvalue weighted by molar-refractivity contribution is 7.98. The lowest BCUT2D eigenvalue weighted by Crippen LogP contribution is -2.22. The average Bonchev–Trinajstić information content (AvgIpc) is 3.52. The molecule has 0 atom stereocenters. The normalized spacial score (nSPS) is 11.4. The molecule has 0 bridgehead atoms. The number of benzene rings is 3. The molecular weight excluding hydrogens is 446 g/mol. The van der Waals surface area contributed by atoms with Gasteiger partial charge in [0.1, 0.15) is 0 Å². The van der Waals surface area contributed by atoms with Gasteiger partial charge in [-0.05, 0) is 30.7 Å². The van der Waals surface area contributed by atoms with Gasteiger partial charge in [-0.15, -0.1) is 10.2 Å². The number of aryl methyl sites for hydroxylation is 1. The summed E-state index contributed by atoms with van der Waals surface area (Å²) >= 11 is 1.46. The number of para-hydroxylation sites is 2. The Bertz CT molecular complexity index is 1700. The van der Waals surface area contributed by atoms with Crippen molar-refractivity contribution in [1.82, 2.24) is 24.1 Å². The van der Waals surface area contributed by atoms with Gasteiger partial charge >= 0.3 is 0 Å². The Morgan fingerprint density at radius 2 is 1.68 bits per heavy atom. The second-order valence-electron chi connectivity index (χ2n) is 7.84. The Hall–Kier alpha value is -4.17. The second kappa shape index (κ2) is 8.31. The molecule has 0 aliphatic heterocycles. The molecule has 0 N–H and O–H groups in total. The topological polar surface area (TPSA) is 78.2 Å². The minimum atomic E-state index is -0.124. The Morgan fingerprint density at radius 3 is 2.53 bits per heavy atom. The molecule has 7 nitrogen and oxygen atoms in total. The predicted molar refractivity (Wildman–Crippen MR) is 132 cm³/mol. The molecule has 0 unspecified atom stereocenters. The van der Waals surface area contributed by atoms with Crippen LogP contribution in [0.2, 0.25) is 0 Å². The van der Waals surface area contributed by atoms with Crippen molar-refractivity contribution in [1.29, 1.82) is 0 Å².